The summed E-state index contributed by atoms with van der Waals surface area (Å²) in [5.74, 6) is 1.21. The Bertz CT molecular complexity index is 597. The molecule has 3 atom stereocenters. The monoisotopic (exact) mass is 358 g/mol. The molecule has 1 aromatic carbocycles. The Hall–Kier alpha value is -1.75. The number of likely N-dealkylation sites (N-methyl/N-ethyl adjacent to an activating group) is 1. The number of urea groups is 1. The second kappa shape index (κ2) is 8.76. The van der Waals surface area contributed by atoms with Crippen LogP contribution in [0.25, 0.3) is 0 Å². The van der Waals surface area contributed by atoms with Gasteiger partial charge in [0.2, 0.25) is 0 Å². The van der Waals surface area contributed by atoms with Crippen molar-refractivity contribution in [1.29, 1.82) is 0 Å². The van der Waals surface area contributed by atoms with Crippen LogP contribution in [0.5, 0.6) is 0 Å². The van der Waals surface area contributed by atoms with E-state index in [0.29, 0.717) is 11.8 Å². The SMILES string of the molecule is CCN1CCN(c2ccccc2NC(=O)NC2CCCC(C)C2C)CC1. The summed E-state index contributed by atoms with van der Waals surface area (Å²) < 4.78 is 0. The highest BCUT2D eigenvalue weighted by atomic mass is 16.2. The van der Waals surface area contributed by atoms with Gasteiger partial charge in [-0.2, -0.15) is 0 Å². The molecule has 2 fully saturated rings. The van der Waals surface area contributed by atoms with Gasteiger partial charge in [-0.15, -0.1) is 0 Å². The van der Waals surface area contributed by atoms with E-state index in [2.05, 4.69) is 53.3 Å². The number of anilines is 2. The summed E-state index contributed by atoms with van der Waals surface area (Å²) in [6.07, 6.45) is 3.56. The highest BCUT2D eigenvalue weighted by Crippen LogP contribution is 2.30. The van der Waals surface area contributed by atoms with Gasteiger partial charge in [0.25, 0.3) is 0 Å². The smallest absolute Gasteiger partial charge is 0.319 e. The topological polar surface area (TPSA) is 47.6 Å². The van der Waals surface area contributed by atoms with Crippen LogP contribution in [0.15, 0.2) is 24.3 Å². The van der Waals surface area contributed by atoms with Gasteiger partial charge in [0.1, 0.15) is 0 Å². The van der Waals surface area contributed by atoms with Gasteiger partial charge in [-0.1, -0.05) is 45.7 Å². The van der Waals surface area contributed by atoms with Gasteiger partial charge in [-0.25, -0.2) is 4.79 Å². The van der Waals surface area contributed by atoms with Gasteiger partial charge in [-0.05, 0) is 36.9 Å². The van der Waals surface area contributed by atoms with Gasteiger partial charge in [-0.3, -0.25) is 0 Å². The summed E-state index contributed by atoms with van der Waals surface area (Å²) >= 11 is 0. The summed E-state index contributed by atoms with van der Waals surface area (Å²) in [7, 11) is 0. The molecule has 0 aromatic heterocycles. The van der Waals surface area contributed by atoms with Crippen LogP contribution in [0.3, 0.4) is 0 Å². The molecular weight excluding hydrogens is 324 g/mol. The maximum atomic E-state index is 12.6. The summed E-state index contributed by atoms with van der Waals surface area (Å²) in [5, 5.41) is 6.33. The zero-order valence-corrected chi connectivity index (χ0v) is 16.5. The molecule has 0 spiro atoms. The van der Waals surface area contributed by atoms with Gasteiger partial charge >= 0.3 is 6.03 Å². The minimum atomic E-state index is -0.0735. The third-order valence-corrected chi connectivity index (χ3v) is 6.34. The summed E-state index contributed by atoms with van der Waals surface area (Å²) in [6, 6.07) is 8.37. The van der Waals surface area contributed by atoms with Crippen LogP contribution in [0.4, 0.5) is 16.2 Å². The van der Waals surface area contributed by atoms with Crippen LogP contribution in [0.1, 0.15) is 40.0 Å². The Kier molecular flexibility index (Phi) is 6.41. The van der Waals surface area contributed by atoms with Crippen molar-refractivity contribution in [2.75, 3.05) is 42.9 Å². The number of carbonyl (C=O) groups is 1. The van der Waals surface area contributed by atoms with Crippen LogP contribution in [0.2, 0.25) is 0 Å². The molecule has 2 aliphatic rings. The van der Waals surface area contributed by atoms with Crippen LogP contribution in [-0.2, 0) is 0 Å². The summed E-state index contributed by atoms with van der Waals surface area (Å²) in [6.45, 7) is 12.0. The standard InChI is InChI=1S/C21H34N4O/c1-4-24-12-14-25(15-13-24)20-11-6-5-9-19(20)23-21(26)22-18-10-7-8-16(2)17(18)3/h5-6,9,11,16-18H,4,7-8,10,12-15H2,1-3H3,(H2,22,23,26). The minimum absolute atomic E-state index is 0.0735. The second-order valence-corrected chi connectivity index (χ2v) is 7.91. The van der Waals surface area contributed by atoms with Crippen molar-refractivity contribution in [2.24, 2.45) is 11.8 Å². The number of hydrogen-bond acceptors (Lipinski definition) is 3. The number of hydrogen-bond donors (Lipinski definition) is 2. The maximum Gasteiger partial charge on any atom is 0.319 e. The average molecular weight is 359 g/mol. The molecule has 1 aromatic rings. The summed E-state index contributed by atoms with van der Waals surface area (Å²) in [5.41, 5.74) is 2.04. The van der Waals surface area contributed by atoms with Crippen molar-refractivity contribution in [1.82, 2.24) is 10.2 Å². The molecule has 2 N–H and O–H groups in total. The normalized spacial score (nSPS) is 27.2. The van der Waals surface area contributed by atoms with Gasteiger partial charge in [0.05, 0.1) is 11.4 Å². The van der Waals surface area contributed by atoms with E-state index in [0.717, 1.165) is 50.5 Å². The first kappa shape index (κ1) is 19.0. The van der Waals surface area contributed by atoms with E-state index in [1.54, 1.807) is 0 Å². The molecule has 1 aliphatic heterocycles. The third-order valence-electron chi connectivity index (χ3n) is 6.34. The molecule has 0 radical (unpaired) electrons. The molecule has 5 nitrogen and oxygen atoms in total. The molecule has 3 unspecified atom stereocenters. The lowest BCUT2D eigenvalue weighted by molar-refractivity contribution is 0.201. The van der Waals surface area contributed by atoms with Crippen molar-refractivity contribution in [3.8, 4) is 0 Å². The van der Waals surface area contributed by atoms with Crippen molar-refractivity contribution in [3.05, 3.63) is 24.3 Å². The first-order valence-corrected chi connectivity index (χ1v) is 10.2. The number of amides is 2. The van der Waals surface area contributed by atoms with Crippen LogP contribution in [-0.4, -0.2) is 49.7 Å². The van der Waals surface area contributed by atoms with Crippen LogP contribution in [0, 0.1) is 11.8 Å². The predicted molar refractivity (Wildman–Crippen MR) is 109 cm³/mol. The number of piperazine rings is 1. The fraction of sp³-hybridized carbons (Fsp3) is 0.667. The first-order valence-electron chi connectivity index (χ1n) is 10.2. The van der Waals surface area contributed by atoms with E-state index < -0.39 is 0 Å². The van der Waals surface area contributed by atoms with Crippen molar-refractivity contribution in [2.45, 2.75) is 46.1 Å². The second-order valence-electron chi connectivity index (χ2n) is 7.91. The fourth-order valence-electron chi connectivity index (χ4n) is 4.27. The number of nitrogens with one attached hydrogen (secondary N) is 2. The molecule has 1 aliphatic carbocycles. The van der Waals surface area contributed by atoms with Gasteiger partial charge in [0, 0.05) is 32.2 Å². The molecule has 2 amide bonds. The number of nitrogens with zero attached hydrogens (tertiary/aromatic N) is 2. The van der Waals surface area contributed by atoms with Gasteiger partial charge < -0.3 is 20.4 Å². The lowest BCUT2D eigenvalue weighted by atomic mass is 9.78. The zero-order chi connectivity index (χ0) is 18.5. The molecule has 1 saturated heterocycles. The third kappa shape index (κ3) is 4.50. The lowest BCUT2D eigenvalue weighted by Gasteiger charge is -2.37. The first-order chi connectivity index (χ1) is 12.6. The van der Waals surface area contributed by atoms with Gasteiger partial charge in [0.15, 0.2) is 0 Å². The Balaban J connectivity index is 1.62. The van der Waals surface area contributed by atoms with E-state index in [1.807, 2.05) is 12.1 Å². The lowest BCUT2D eigenvalue weighted by Crippen LogP contribution is -2.47. The highest BCUT2D eigenvalue weighted by molar-refractivity contribution is 5.93. The van der Waals surface area contributed by atoms with E-state index in [-0.39, 0.29) is 12.1 Å². The number of carbonyl (C=O) groups excluding carboxylic acids is 1. The largest absolute Gasteiger partial charge is 0.367 e. The van der Waals surface area contributed by atoms with E-state index in [9.17, 15) is 4.79 Å². The predicted octanol–water partition coefficient (Wildman–Crippen LogP) is 3.77. The molecule has 1 heterocycles. The molecule has 26 heavy (non-hydrogen) atoms. The Morgan fingerprint density at radius 3 is 2.58 bits per heavy atom. The molecular formula is C21H34N4O. The van der Waals surface area contributed by atoms with E-state index >= 15 is 0 Å². The van der Waals surface area contributed by atoms with Crippen LogP contribution >= 0.6 is 0 Å². The number of para-hydroxylation sites is 2. The zero-order valence-electron chi connectivity index (χ0n) is 16.5. The van der Waals surface area contributed by atoms with Crippen molar-refractivity contribution in [3.63, 3.8) is 0 Å². The van der Waals surface area contributed by atoms with E-state index in [4.69, 9.17) is 0 Å². The Labute approximate surface area is 158 Å². The maximum absolute atomic E-state index is 12.6. The Morgan fingerprint density at radius 1 is 1.12 bits per heavy atom. The molecule has 5 heteroatoms. The van der Waals surface area contributed by atoms with Crippen LogP contribution < -0.4 is 15.5 Å². The molecule has 1 saturated carbocycles. The summed E-state index contributed by atoms with van der Waals surface area (Å²) in [4.78, 5) is 17.5. The van der Waals surface area contributed by atoms with Crippen molar-refractivity contribution >= 4 is 17.4 Å². The minimum Gasteiger partial charge on any atom is -0.367 e. The fourth-order valence-corrected chi connectivity index (χ4v) is 4.27. The highest BCUT2D eigenvalue weighted by Gasteiger charge is 2.28. The molecule has 3 rings (SSSR count). The van der Waals surface area contributed by atoms with Crippen molar-refractivity contribution < 1.29 is 4.79 Å². The number of rotatable bonds is 4. The number of benzene rings is 1. The quantitative estimate of drug-likeness (QED) is 0.861. The van der Waals surface area contributed by atoms with E-state index in [1.165, 1.54) is 12.8 Å². The molecule has 144 valence electrons. The molecule has 0 bridgehead atoms. The average Bonchev–Trinajstić information content (AvgIpc) is 2.66. The Morgan fingerprint density at radius 2 is 1.85 bits per heavy atom.